The molecule has 0 spiro atoms. The third kappa shape index (κ3) is 9.04. The standard InChI is InChI=1S/C63H51N5/c1-42-17-12-13-30-56(42)44-33-35-48(36-34-44)61-66-60(47-22-10-5-11-23-47)67-63(68-61)55-32-31-43(2)57(40-55)53-28-15-26-51(38-53)49-24-14-25-50(37-49)52-27-16-29-54(39-52)62-64-58(45-18-6-3-7-19-45)41-59(65-62)46-20-8-4-9-21-46/h3,5-8,10-40,42,56,58H,4,9,41H2,1-2H3. The quantitative estimate of drug-likeness (QED) is 0.137. The summed E-state index contributed by atoms with van der Waals surface area (Å²) in [6.07, 6.45) is 18.5. The Kier molecular flexibility index (Phi) is 11.9. The van der Waals surface area contributed by atoms with E-state index >= 15 is 0 Å². The largest absolute Gasteiger partial charge is 0.258 e. The smallest absolute Gasteiger partial charge is 0.164 e. The van der Waals surface area contributed by atoms with Crippen molar-refractivity contribution in [2.45, 2.75) is 45.1 Å². The maximum atomic E-state index is 5.26. The van der Waals surface area contributed by atoms with Crippen LogP contribution in [0.4, 0.5) is 0 Å². The van der Waals surface area contributed by atoms with Crippen LogP contribution in [0.3, 0.4) is 0 Å². The van der Waals surface area contributed by atoms with Crippen molar-refractivity contribution in [3.63, 3.8) is 0 Å². The zero-order valence-corrected chi connectivity index (χ0v) is 38.4. The molecule has 68 heavy (non-hydrogen) atoms. The number of hydrogen-bond acceptors (Lipinski definition) is 5. The van der Waals surface area contributed by atoms with Crippen molar-refractivity contribution in [3.8, 4) is 67.5 Å². The van der Waals surface area contributed by atoms with Gasteiger partial charge in [-0.25, -0.2) is 19.9 Å². The monoisotopic (exact) mass is 877 g/mol. The Morgan fingerprint density at radius 3 is 1.69 bits per heavy atom. The maximum absolute atomic E-state index is 5.26. The summed E-state index contributed by atoms with van der Waals surface area (Å²) in [5, 5.41) is 0. The van der Waals surface area contributed by atoms with Crippen LogP contribution in [0.2, 0.25) is 0 Å². The molecule has 1 aromatic heterocycles. The van der Waals surface area contributed by atoms with E-state index in [0.717, 1.165) is 86.4 Å². The molecule has 1 aliphatic heterocycles. The second-order valence-corrected chi connectivity index (χ2v) is 18.0. The zero-order valence-electron chi connectivity index (χ0n) is 38.4. The molecule has 0 bridgehead atoms. The Hall–Kier alpha value is -8.15. The molecule has 0 radical (unpaired) electrons. The van der Waals surface area contributed by atoms with Gasteiger partial charge < -0.3 is 0 Å². The molecule has 3 unspecified atom stereocenters. The second kappa shape index (κ2) is 19.0. The molecule has 7 aromatic carbocycles. The molecular formula is C63H51N5. The van der Waals surface area contributed by atoms with E-state index in [1.807, 2.05) is 18.2 Å². The molecule has 5 heteroatoms. The molecule has 0 saturated heterocycles. The summed E-state index contributed by atoms with van der Waals surface area (Å²) < 4.78 is 0. The van der Waals surface area contributed by atoms with Crippen molar-refractivity contribution in [1.82, 2.24) is 15.0 Å². The number of rotatable bonds is 10. The van der Waals surface area contributed by atoms with E-state index in [1.165, 1.54) is 22.3 Å². The maximum Gasteiger partial charge on any atom is 0.164 e. The summed E-state index contributed by atoms with van der Waals surface area (Å²) in [6, 6.07) is 62.4. The van der Waals surface area contributed by atoms with Gasteiger partial charge in [-0.15, -0.1) is 0 Å². The molecule has 328 valence electrons. The Morgan fingerprint density at radius 2 is 1.03 bits per heavy atom. The van der Waals surface area contributed by atoms with E-state index in [2.05, 4.69) is 214 Å². The first-order valence-corrected chi connectivity index (χ1v) is 23.8. The van der Waals surface area contributed by atoms with Gasteiger partial charge in [0.05, 0.1) is 11.8 Å². The Morgan fingerprint density at radius 1 is 0.471 bits per heavy atom. The van der Waals surface area contributed by atoms with Crippen molar-refractivity contribution >= 4 is 11.5 Å². The number of aromatic nitrogens is 3. The van der Waals surface area contributed by atoms with Crippen LogP contribution in [0.1, 0.15) is 60.4 Å². The molecule has 2 aliphatic carbocycles. The van der Waals surface area contributed by atoms with Gasteiger partial charge in [0.25, 0.3) is 0 Å². The van der Waals surface area contributed by atoms with Gasteiger partial charge in [-0.3, -0.25) is 4.99 Å². The first kappa shape index (κ1) is 42.5. The van der Waals surface area contributed by atoms with Gasteiger partial charge in [-0.1, -0.05) is 201 Å². The summed E-state index contributed by atoms with van der Waals surface area (Å²) in [5.74, 6) is 3.50. The normalized spacial score (nSPS) is 17.6. The Labute approximate surface area is 399 Å². The van der Waals surface area contributed by atoms with Gasteiger partial charge in [0, 0.05) is 34.6 Å². The molecule has 0 N–H and O–H groups in total. The molecule has 3 aliphatic rings. The van der Waals surface area contributed by atoms with Crippen LogP contribution in [-0.4, -0.2) is 26.5 Å². The van der Waals surface area contributed by atoms with Gasteiger partial charge in [-0.05, 0) is 106 Å². The fourth-order valence-corrected chi connectivity index (χ4v) is 9.59. The van der Waals surface area contributed by atoms with Gasteiger partial charge >= 0.3 is 0 Å². The zero-order chi connectivity index (χ0) is 45.8. The summed E-state index contributed by atoms with van der Waals surface area (Å²) in [4.78, 5) is 25.7. The van der Waals surface area contributed by atoms with Gasteiger partial charge in [-0.2, -0.15) is 0 Å². The third-order valence-electron chi connectivity index (χ3n) is 13.4. The van der Waals surface area contributed by atoms with E-state index in [0.29, 0.717) is 29.3 Å². The summed E-state index contributed by atoms with van der Waals surface area (Å²) in [6.45, 7) is 4.43. The van der Waals surface area contributed by atoms with Crippen molar-refractivity contribution in [2.75, 3.05) is 0 Å². The SMILES string of the molecule is Cc1ccc(-c2nc(-c3ccccc3)nc(-c3ccc(C4C=CC=CC4C)cc3)n2)cc1-c1cccc(-c2cccc(-c3cccc(C4=NC(c5ccccc5)CC(C5=CCCC=C5)=N4)c3)c2)c1. The minimum atomic E-state index is 0.00855. The average Bonchev–Trinajstić information content (AvgIpc) is 3.42. The molecule has 0 fully saturated rings. The lowest BCUT2D eigenvalue weighted by molar-refractivity contribution is 0.635. The van der Waals surface area contributed by atoms with Crippen LogP contribution in [-0.2, 0) is 0 Å². The number of aryl methyl sites for hydroxylation is 1. The van der Waals surface area contributed by atoms with Crippen LogP contribution in [0, 0.1) is 12.8 Å². The van der Waals surface area contributed by atoms with Crippen molar-refractivity contribution in [2.24, 2.45) is 15.9 Å². The molecule has 3 atom stereocenters. The fourth-order valence-electron chi connectivity index (χ4n) is 9.59. The van der Waals surface area contributed by atoms with Crippen LogP contribution in [0.15, 0.2) is 234 Å². The van der Waals surface area contributed by atoms with Crippen molar-refractivity contribution in [3.05, 3.63) is 246 Å². The van der Waals surface area contributed by atoms with E-state index < -0.39 is 0 Å². The number of hydrogen-bond donors (Lipinski definition) is 0. The summed E-state index contributed by atoms with van der Waals surface area (Å²) in [7, 11) is 0. The molecule has 5 nitrogen and oxygen atoms in total. The van der Waals surface area contributed by atoms with Crippen LogP contribution in [0.25, 0.3) is 67.5 Å². The Bertz CT molecular complexity index is 3340. The van der Waals surface area contributed by atoms with Crippen molar-refractivity contribution in [1.29, 1.82) is 0 Å². The van der Waals surface area contributed by atoms with Gasteiger partial charge in [0.1, 0.15) is 0 Å². The highest BCUT2D eigenvalue weighted by atomic mass is 15.0. The predicted molar refractivity (Wildman–Crippen MR) is 282 cm³/mol. The first-order valence-electron chi connectivity index (χ1n) is 23.8. The van der Waals surface area contributed by atoms with Gasteiger partial charge in [0.2, 0.25) is 0 Å². The number of benzene rings is 7. The third-order valence-corrected chi connectivity index (χ3v) is 13.4. The lowest BCUT2D eigenvalue weighted by Crippen LogP contribution is -2.18. The fraction of sp³-hybridized carbons (Fsp3) is 0.127. The number of amidine groups is 1. The molecule has 11 rings (SSSR count). The van der Waals surface area contributed by atoms with E-state index in [9.17, 15) is 0 Å². The van der Waals surface area contributed by atoms with Gasteiger partial charge in [0.15, 0.2) is 23.3 Å². The number of aliphatic imine (C=N–C) groups is 2. The summed E-state index contributed by atoms with van der Waals surface area (Å²) >= 11 is 0. The minimum Gasteiger partial charge on any atom is -0.258 e. The van der Waals surface area contributed by atoms with E-state index in [4.69, 9.17) is 24.9 Å². The number of nitrogens with zero attached hydrogens (tertiary/aromatic N) is 5. The summed E-state index contributed by atoms with van der Waals surface area (Å²) in [5.41, 5.74) is 16.6. The highest BCUT2D eigenvalue weighted by Crippen LogP contribution is 2.36. The van der Waals surface area contributed by atoms with Crippen LogP contribution in [0.5, 0.6) is 0 Å². The topological polar surface area (TPSA) is 63.4 Å². The highest BCUT2D eigenvalue weighted by molar-refractivity contribution is 6.15. The molecule has 0 amide bonds. The molecule has 8 aromatic rings. The lowest BCUT2D eigenvalue weighted by atomic mass is 9.84. The average molecular weight is 878 g/mol. The second-order valence-electron chi connectivity index (χ2n) is 18.0. The number of allylic oxidation sites excluding steroid dienone is 8. The lowest BCUT2D eigenvalue weighted by Gasteiger charge is -2.22. The minimum absolute atomic E-state index is 0.00855. The molecule has 0 saturated carbocycles. The van der Waals surface area contributed by atoms with Crippen molar-refractivity contribution < 1.29 is 0 Å². The van der Waals surface area contributed by atoms with E-state index in [-0.39, 0.29) is 6.04 Å². The van der Waals surface area contributed by atoms with Crippen LogP contribution >= 0.6 is 0 Å². The first-order chi connectivity index (χ1) is 33.5. The molecular weight excluding hydrogens is 827 g/mol. The Balaban J connectivity index is 0.905. The predicted octanol–water partition coefficient (Wildman–Crippen LogP) is 15.6. The van der Waals surface area contributed by atoms with E-state index in [1.54, 1.807) is 0 Å². The van der Waals surface area contributed by atoms with Crippen LogP contribution < -0.4 is 0 Å². The molecule has 2 heterocycles. The highest BCUT2D eigenvalue weighted by Gasteiger charge is 2.24.